The van der Waals surface area contributed by atoms with Crippen molar-refractivity contribution in [3.05, 3.63) is 53.9 Å². The van der Waals surface area contributed by atoms with E-state index in [0.29, 0.717) is 6.42 Å². The molecule has 1 aromatic carbocycles. The topological polar surface area (TPSA) is 64.3 Å². The molecule has 3 rings (SSSR count). The van der Waals surface area contributed by atoms with Crippen molar-refractivity contribution in [3.8, 4) is 0 Å². The molecule has 2 N–H and O–H groups in total. The monoisotopic (exact) mass is 327 g/mol. The number of aromatic nitrogens is 2. The van der Waals surface area contributed by atoms with Crippen LogP contribution in [0, 0.1) is 0 Å². The van der Waals surface area contributed by atoms with Crippen molar-refractivity contribution in [2.75, 3.05) is 32.7 Å². The molecule has 0 bridgehead atoms. The molecule has 1 saturated heterocycles. The minimum atomic E-state index is 0.249. The van der Waals surface area contributed by atoms with Crippen LogP contribution in [0.4, 0.5) is 0 Å². The standard InChI is InChI=1S/C18H25N5O/c24-18(23-12-9-19-10-13-23)7-11-22(15-17-6-8-20-21-17)14-16-4-2-1-3-5-16/h1-6,8,19H,7,9-15H2,(H,20,21). The lowest BCUT2D eigenvalue weighted by atomic mass is 10.2. The SMILES string of the molecule is O=C(CCN(Cc1ccccc1)Cc1ccn[nH]1)N1CCNCC1. The van der Waals surface area contributed by atoms with Gasteiger partial charge in [-0.05, 0) is 11.6 Å². The van der Waals surface area contributed by atoms with Crippen LogP contribution in [0.1, 0.15) is 17.7 Å². The maximum Gasteiger partial charge on any atom is 0.223 e. The molecule has 0 atom stereocenters. The van der Waals surface area contributed by atoms with E-state index in [4.69, 9.17) is 0 Å². The summed E-state index contributed by atoms with van der Waals surface area (Å²) in [7, 11) is 0. The number of rotatable bonds is 7. The third kappa shape index (κ3) is 4.91. The number of benzene rings is 1. The molecule has 1 aliphatic rings. The molecule has 2 aromatic rings. The van der Waals surface area contributed by atoms with Gasteiger partial charge < -0.3 is 10.2 Å². The van der Waals surface area contributed by atoms with Crippen LogP contribution in [-0.4, -0.2) is 58.6 Å². The normalized spacial score (nSPS) is 15.0. The van der Waals surface area contributed by atoms with E-state index < -0.39 is 0 Å². The highest BCUT2D eigenvalue weighted by Gasteiger charge is 2.17. The molecule has 6 heteroatoms. The molecule has 1 amide bonds. The fraction of sp³-hybridized carbons (Fsp3) is 0.444. The first kappa shape index (κ1) is 16.7. The first-order valence-corrected chi connectivity index (χ1v) is 8.54. The minimum Gasteiger partial charge on any atom is -0.340 e. The average molecular weight is 327 g/mol. The second-order valence-corrected chi connectivity index (χ2v) is 6.16. The van der Waals surface area contributed by atoms with Crippen LogP contribution in [0.15, 0.2) is 42.6 Å². The second kappa shape index (κ2) is 8.61. The molecular weight excluding hydrogens is 302 g/mol. The van der Waals surface area contributed by atoms with Crippen molar-refractivity contribution in [1.29, 1.82) is 0 Å². The smallest absolute Gasteiger partial charge is 0.223 e. The molecule has 128 valence electrons. The first-order chi connectivity index (χ1) is 11.8. The molecule has 0 spiro atoms. The van der Waals surface area contributed by atoms with Gasteiger partial charge in [0.15, 0.2) is 0 Å². The van der Waals surface area contributed by atoms with Gasteiger partial charge in [0.05, 0.1) is 0 Å². The lowest BCUT2D eigenvalue weighted by Gasteiger charge is -2.29. The van der Waals surface area contributed by atoms with Crippen molar-refractivity contribution in [2.24, 2.45) is 0 Å². The number of hydrogen-bond donors (Lipinski definition) is 2. The van der Waals surface area contributed by atoms with Gasteiger partial charge in [-0.15, -0.1) is 0 Å². The maximum absolute atomic E-state index is 12.4. The molecule has 2 heterocycles. The number of carbonyl (C=O) groups excluding carboxylic acids is 1. The highest BCUT2D eigenvalue weighted by Crippen LogP contribution is 2.10. The van der Waals surface area contributed by atoms with Gasteiger partial charge in [0.1, 0.15) is 0 Å². The molecule has 0 radical (unpaired) electrons. The Bertz CT molecular complexity index is 608. The van der Waals surface area contributed by atoms with E-state index in [2.05, 4.69) is 44.7 Å². The summed E-state index contributed by atoms with van der Waals surface area (Å²) in [6, 6.07) is 12.4. The van der Waals surface area contributed by atoms with Gasteiger partial charge in [0.25, 0.3) is 0 Å². The molecule has 0 aliphatic carbocycles. The van der Waals surface area contributed by atoms with Crippen molar-refractivity contribution in [2.45, 2.75) is 19.5 Å². The zero-order valence-electron chi connectivity index (χ0n) is 13.9. The summed E-state index contributed by atoms with van der Waals surface area (Å²) in [6.45, 7) is 5.77. The number of piperazine rings is 1. The van der Waals surface area contributed by atoms with Gasteiger partial charge in [-0.25, -0.2) is 0 Å². The van der Waals surface area contributed by atoms with E-state index in [9.17, 15) is 4.79 Å². The van der Waals surface area contributed by atoms with Gasteiger partial charge in [-0.2, -0.15) is 5.10 Å². The lowest BCUT2D eigenvalue weighted by Crippen LogP contribution is -2.47. The number of nitrogens with zero attached hydrogens (tertiary/aromatic N) is 3. The number of nitrogens with one attached hydrogen (secondary N) is 2. The van der Waals surface area contributed by atoms with Gasteiger partial charge in [0.2, 0.25) is 5.91 Å². The summed E-state index contributed by atoms with van der Waals surface area (Å²) >= 11 is 0. The molecule has 6 nitrogen and oxygen atoms in total. The largest absolute Gasteiger partial charge is 0.340 e. The number of aromatic amines is 1. The number of hydrogen-bond acceptors (Lipinski definition) is 4. The zero-order valence-corrected chi connectivity index (χ0v) is 13.9. The summed E-state index contributed by atoms with van der Waals surface area (Å²) in [6.07, 6.45) is 2.32. The third-order valence-corrected chi connectivity index (χ3v) is 4.31. The summed E-state index contributed by atoms with van der Waals surface area (Å²) in [4.78, 5) is 16.7. The zero-order chi connectivity index (χ0) is 16.6. The maximum atomic E-state index is 12.4. The van der Waals surface area contributed by atoms with Gasteiger partial charge in [0, 0.05) is 64.1 Å². The van der Waals surface area contributed by atoms with E-state index in [0.717, 1.165) is 51.5 Å². The Morgan fingerprint density at radius 1 is 1.12 bits per heavy atom. The number of carbonyl (C=O) groups is 1. The Morgan fingerprint density at radius 2 is 1.92 bits per heavy atom. The Hall–Kier alpha value is -2.18. The summed E-state index contributed by atoms with van der Waals surface area (Å²) in [5.74, 6) is 0.249. The average Bonchev–Trinajstić information content (AvgIpc) is 3.14. The van der Waals surface area contributed by atoms with Gasteiger partial charge in [-0.1, -0.05) is 30.3 Å². The molecule has 1 fully saturated rings. The van der Waals surface area contributed by atoms with Crippen LogP contribution < -0.4 is 5.32 Å². The van der Waals surface area contributed by atoms with E-state index in [1.54, 1.807) is 6.20 Å². The Balaban J connectivity index is 1.57. The van der Waals surface area contributed by atoms with E-state index in [1.807, 2.05) is 17.0 Å². The summed E-state index contributed by atoms with van der Waals surface area (Å²) < 4.78 is 0. The first-order valence-electron chi connectivity index (χ1n) is 8.54. The lowest BCUT2D eigenvalue weighted by molar-refractivity contribution is -0.132. The minimum absolute atomic E-state index is 0.249. The highest BCUT2D eigenvalue weighted by molar-refractivity contribution is 5.76. The van der Waals surface area contributed by atoms with Crippen molar-refractivity contribution < 1.29 is 4.79 Å². The number of amides is 1. The van der Waals surface area contributed by atoms with Crippen LogP contribution >= 0.6 is 0 Å². The van der Waals surface area contributed by atoms with Crippen molar-refractivity contribution in [1.82, 2.24) is 25.3 Å². The summed E-state index contributed by atoms with van der Waals surface area (Å²) in [5, 5.41) is 10.3. The molecule has 0 saturated carbocycles. The fourth-order valence-electron chi connectivity index (χ4n) is 3.00. The second-order valence-electron chi connectivity index (χ2n) is 6.16. The quantitative estimate of drug-likeness (QED) is 0.803. The van der Waals surface area contributed by atoms with E-state index in [-0.39, 0.29) is 5.91 Å². The Labute approximate surface area is 142 Å². The Morgan fingerprint density at radius 3 is 2.62 bits per heavy atom. The molecule has 1 aliphatic heterocycles. The highest BCUT2D eigenvalue weighted by atomic mass is 16.2. The Kier molecular flexibility index (Phi) is 5.98. The summed E-state index contributed by atoms with van der Waals surface area (Å²) in [5.41, 5.74) is 2.33. The van der Waals surface area contributed by atoms with Crippen molar-refractivity contribution >= 4 is 5.91 Å². The third-order valence-electron chi connectivity index (χ3n) is 4.31. The number of H-pyrrole nitrogens is 1. The van der Waals surface area contributed by atoms with Crippen molar-refractivity contribution in [3.63, 3.8) is 0 Å². The van der Waals surface area contributed by atoms with Crippen LogP contribution in [-0.2, 0) is 17.9 Å². The predicted octanol–water partition coefficient (Wildman–Crippen LogP) is 1.23. The molecular formula is C18H25N5O. The van der Waals surface area contributed by atoms with Crippen LogP contribution in [0.5, 0.6) is 0 Å². The molecule has 1 aromatic heterocycles. The van der Waals surface area contributed by atoms with Crippen LogP contribution in [0.2, 0.25) is 0 Å². The van der Waals surface area contributed by atoms with E-state index in [1.165, 1.54) is 5.56 Å². The van der Waals surface area contributed by atoms with Crippen LogP contribution in [0.25, 0.3) is 0 Å². The molecule has 24 heavy (non-hydrogen) atoms. The van der Waals surface area contributed by atoms with Gasteiger partial charge >= 0.3 is 0 Å². The van der Waals surface area contributed by atoms with Crippen LogP contribution in [0.3, 0.4) is 0 Å². The molecule has 0 unspecified atom stereocenters. The predicted molar refractivity (Wildman–Crippen MR) is 93.2 cm³/mol. The van der Waals surface area contributed by atoms with E-state index >= 15 is 0 Å². The van der Waals surface area contributed by atoms with Gasteiger partial charge in [-0.3, -0.25) is 14.8 Å². The fourth-order valence-corrected chi connectivity index (χ4v) is 3.00.